The lowest BCUT2D eigenvalue weighted by Gasteiger charge is -2.17. The average Bonchev–Trinajstić information content (AvgIpc) is 2.74. The molecule has 0 saturated heterocycles. The van der Waals surface area contributed by atoms with Crippen LogP contribution in [-0.4, -0.2) is 30.9 Å². The van der Waals surface area contributed by atoms with Crippen LogP contribution in [0.5, 0.6) is 17.2 Å². The van der Waals surface area contributed by atoms with Crippen LogP contribution < -0.4 is 25.1 Å². The summed E-state index contributed by atoms with van der Waals surface area (Å²) in [6, 6.07) is 4.71. The van der Waals surface area contributed by atoms with Crippen LogP contribution in [0.25, 0.3) is 0 Å². The van der Waals surface area contributed by atoms with Crippen molar-refractivity contribution in [1.29, 1.82) is 0 Å². The molecule has 1 N–H and O–H groups in total. The Kier molecular flexibility index (Phi) is 6.59. The third-order valence-electron chi connectivity index (χ3n) is 4.30. The highest BCUT2D eigenvalue weighted by Gasteiger charge is 2.16. The number of benzene rings is 2. The van der Waals surface area contributed by atoms with Crippen molar-refractivity contribution in [2.24, 2.45) is 0 Å². The SMILES string of the molecule is COc1cc(Cl)c(Nc2nc(=O)c(OC)cn2Cc2cc(F)c(F)c(F)c2)cc1OC. The van der Waals surface area contributed by atoms with Gasteiger partial charge in [0.25, 0.3) is 0 Å². The topological polar surface area (TPSA) is 74.6 Å². The Morgan fingerprint density at radius 3 is 2.13 bits per heavy atom. The van der Waals surface area contributed by atoms with Gasteiger partial charge in [0.1, 0.15) is 0 Å². The van der Waals surface area contributed by atoms with Gasteiger partial charge in [-0.1, -0.05) is 11.6 Å². The summed E-state index contributed by atoms with van der Waals surface area (Å²) < 4.78 is 57.3. The van der Waals surface area contributed by atoms with Gasteiger partial charge < -0.3 is 24.1 Å². The second kappa shape index (κ2) is 9.17. The Hall–Kier alpha value is -3.40. The van der Waals surface area contributed by atoms with Gasteiger partial charge >= 0.3 is 5.56 Å². The molecule has 0 fully saturated rings. The van der Waals surface area contributed by atoms with Crippen LogP contribution in [0.2, 0.25) is 5.02 Å². The van der Waals surface area contributed by atoms with Gasteiger partial charge in [-0.25, -0.2) is 13.2 Å². The number of hydrogen-bond donors (Lipinski definition) is 1. The van der Waals surface area contributed by atoms with E-state index in [1.54, 1.807) is 0 Å². The number of rotatable bonds is 7. The lowest BCUT2D eigenvalue weighted by Crippen LogP contribution is -2.19. The molecule has 0 unspecified atom stereocenters. The highest BCUT2D eigenvalue weighted by molar-refractivity contribution is 6.33. The number of nitrogens with zero attached hydrogens (tertiary/aromatic N) is 2. The van der Waals surface area contributed by atoms with E-state index in [2.05, 4.69) is 10.3 Å². The Morgan fingerprint density at radius 2 is 1.55 bits per heavy atom. The van der Waals surface area contributed by atoms with Gasteiger partial charge in [0.15, 0.2) is 29.0 Å². The molecule has 1 heterocycles. The number of ether oxygens (including phenoxy) is 3. The van der Waals surface area contributed by atoms with Crippen LogP contribution in [-0.2, 0) is 6.54 Å². The average molecular weight is 456 g/mol. The summed E-state index contributed by atoms with van der Waals surface area (Å²) in [6.07, 6.45) is 1.30. The number of nitrogens with one attached hydrogen (secondary N) is 1. The van der Waals surface area contributed by atoms with Gasteiger partial charge in [-0.2, -0.15) is 4.98 Å². The van der Waals surface area contributed by atoms with Crippen LogP contribution in [0.1, 0.15) is 5.56 Å². The maximum Gasteiger partial charge on any atom is 0.316 e. The van der Waals surface area contributed by atoms with Crippen molar-refractivity contribution in [1.82, 2.24) is 9.55 Å². The molecule has 11 heteroatoms. The molecule has 2 aromatic carbocycles. The summed E-state index contributed by atoms with van der Waals surface area (Å²) in [5.74, 6) is -3.62. The van der Waals surface area contributed by atoms with Crippen LogP contribution in [0.15, 0.2) is 35.3 Å². The zero-order chi connectivity index (χ0) is 22.7. The molecule has 0 bridgehead atoms. The normalized spacial score (nSPS) is 10.7. The molecule has 3 aromatic rings. The molecule has 7 nitrogen and oxygen atoms in total. The maximum absolute atomic E-state index is 13.6. The van der Waals surface area contributed by atoms with Gasteiger partial charge in [0, 0.05) is 12.1 Å². The molecule has 0 spiro atoms. The number of aromatic nitrogens is 2. The van der Waals surface area contributed by atoms with Gasteiger partial charge in [0.05, 0.1) is 44.8 Å². The summed E-state index contributed by atoms with van der Waals surface area (Å²) in [5, 5.41) is 3.12. The van der Waals surface area contributed by atoms with E-state index in [1.807, 2.05) is 0 Å². The molecule has 1 aromatic heterocycles. The van der Waals surface area contributed by atoms with Crippen molar-refractivity contribution in [3.05, 3.63) is 68.9 Å². The largest absolute Gasteiger partial charge is 0.493 e. The molecular formula is C20H17ClF3N3O4. The van der Waals surface area contributed by atoms with Crippen LogP contribution >= 0.6 is 11.6 Å². The molecule has 0 aliphatic carbocycles. The van der Waals surface area contributed by atoms with Gasteiger partial charge in [0.2, 0.25) is 11.7 Å². The van der Waals surface area contributed by atoms with Gasteiger partial charge in [-0.3, -0.25) is 4.79 Å². The van der Waals surface area contributed by atoms with E-state index in [4.69, 9.17) is 25.8 Å². The fraction of sp³-hybridized carbons (Fsp3) is 0.200. The standard InChI is InChI=1S/C20H17ClF3N3O4/c1-29-15-6-11(21)14(7-16(15)30-2)25-20-26-19(28)17(31-3)9-27(20)8-10-4-12(22)18(24)13(23)5-10/h4-7,9H,8H2,1-3H3,(H,25,26,28). The van der Waals surface area contributed by atoms with E-state index in [-0.39, 0.29) is 28.8 Å². The molecular weight excluding hydrogens is 439 g/mol. The summed E-state index contributed by atoms with van der Waals surface area (Å²) >= 11 is 6.28. The minimum atomic E-state index is -1.57. The molecule has 0 radical (unpaired) electrons. The predicted molar refractivity (Wildman–Crippen MR) is 108 cm³/mol. The van der Waals surface area contributed by atoms with Gasteiger partial charge in [-0.05, 0) is 17.7 Å². The fourth-order valence-corrected chi connectivity index (χ4v) is 3.00. The summed E-state index contributed by atoms with van der Waals surface area (Å²) in [5.41, 5.74) is -0.277. The van der Waals surface area contributed by atoms with Crippen LogP contribution in [0.4, 0.5) is 24.8 Å². The summed E-state index contributed by atoms with van der Waals surface area (Å²) in [4.78, 5) is 16.1. The molecule has 31 heavy (non-hydrogen) atoms. The van der Waals surface area contributed by atoms with Crippen LogP contribution in [0, 0.1) is 17.5 Å². The Labute approximate surface area is 180 Å². The minimum absolute atomic E-state index is 0.00920. The van der Waals surface area contributed by atoms with E-state index in [0.717, 1.165) is 12.1 Å². The quantitative estimate of drug-likeness (QED) is 0.540. The first-order valence-corrected chi connectivity index (χ1v) is 9.12. The second-order valence-corrected chi connectivity index (χ2v) is 6.66. The monoisotopic (exact) mass is 455 g/mol. The number of halogens is 4. The first-order chi connectivity index (χ1) is 14.8. The summed E-state index contributed by atoms with van der Waals surface area (Å²) in [7, 11) is 4.16. The third kappa shape index (κ3) is 4.69. The molecule has 164 valence electrons. The highest BCUT2D eigenvalue weighted by Crippen LogP contribution is 2.37. The lowest BCUT2D eigenvalue weighted by atomic mass is 10.2. The molecule has 0 aliphatic rings. The van der Waals surface area contributed by atoms with Crippen molar-refractivity contribution in [3.8, 4) is 17.2 Å². The van der Waals surface area contributed by atoms with Crippen LogP contribution in [0.3, 0.4) is 0 Å². The first-order valence-electron chi connectivity index (χ1n) is 8.74. The van der Waals surface area contributed by atoms with E-state index < -0.39 is 23.0 Å². The molecule has 0 saturated carbocycles. The second-order valence-electron chi connectivity index (χ2n) is 6.25. The number of hydrogen-bond acceptors (Lipinski definition) is 6. The first kappa shape index (κ1) is 22.3. The Balaban J connectivity index is 2.07. The zero-order valence-electron chi connectivity index (χ0n) is 16.6. The maximum atomic E-state index is 13.6. The molecule has 0 atom stereocenters. The molecule has 0 aliphatic heterocycles. The Morgan fingerprint density at radius 1 is 0.968 bits per heavy atom. The predicted octanol–water partition coefficient (Wildman–Crippen LogP) is 4.13. The van der Waals surface area contributed by atoms with Gasteiger partial charge in [-0.15, -0.1) is 0 Å². The van der Waals surface area contributed by atoms with Crippen molar-refractivity contribution in [2.45, 2.75) is 6.54 Å². The third-order valence-corrected chi connectivity index (χ3v) is 4.61. The molecule has 3 rings (SSSR count). The molecule has 0 amide bonds. The van der Waals surface area contributed by atoms with Crippen molar-refractivity contribution >= 4 is 23.2 Å². The lowest BCUT2D eigenvalue weighted by molar-refractivity contribution is 0.355. The van der Waals surface area contributed by atoms with E-state index in [9.17, 15) is 18.0 Å². The van der Waals surface area contributed by atoms with E-state index in [1.165, 1.54) is 44.2 Å². The highest BCUT2D eigenvalue weighted by atomic mass is 35.5. The summed E-state index contributed by atoms with van der Waals surface area (Å²) in [6.45, 7) is -0.162. The van der Waals surface area contributed by atoms with Crippen molar-refractivity contribution < 1.29 is 27.4 Å². The minimum Gasteiger partial charge on any atom is -0.493 e. The zero-order valence-corrected chi connectivity index (χ0v) is 17.4. The van der Waals surface area contributed by atoms with Crippen molar-refractivity contribution in [3.63, 3.8) is 0 Å². The number of methoxy groups -OCH3 is 3. The number of anilines is 2. The van der Waals surface area contributed by atoms with Crippen molar-refractivity contribution in [2.75, 3.05) is 26.6 Å². The fourth-order valence-electron chi connectivity index (χ4n) is 2.80. The van der Waals surface area contributed by atoms with E-state index >= 15 is 0 Å². The smallest absolute Gasteiger partial charge is 0.316 e. The Bertz CT molecular complexity index is 1160. The van der Waals surface area contributed by atoms with E-state index in [0.29, 0.717) is 17.2 Å².